The Balaban J connectivity index is 1.96. The predicted octanol–water partition coefficient (Wildman–Crippen LogP) is 1.84. The van der Waals surface area contributed by atoms with Gasteiger partial charge in [0.2, 0.25) is 5.28 Å². The average Bonchev–Trinajstić information content (AvgIpc) is 2.74. The quantitative estimate of drug-likeness (QED) is 0.875. The Hall–Kier alpha value is -2.47. The first-order valence-electron chi connectivity index (χ1n) is 6.17. The maximum absolute atomic E-state index is 12.2. The molecule has 0 aliphatic carbocycles. The summed E-state index contributed by atoms with van der Waals surface area (Å²) in [5, 5.41) is 8.94. The van der Waals surface area contributed by atoms with E-state index in [0.717, 1.165) is 11.1 Å². The Kier molecular flexibility index (Phi) is 3.31. The molecule has 1 aromatic heterocycles. The first-order valence-corrected chi connectivity index (χ1v) is 6.55. The lowest BCUT2D eigenvalue weighted by Gasteiger charge is -2.11. The summed E-state index contributed by atoms with van der Waals surface area (Å²) < 4.78 is 0. The molecule has 1 aliphatic rings. The van der Waals surface area contributed by atoms with Crippen molar-refractivity contribution >= 4 is 23.5 Å². The van der Waals surface area contributed by atoms with Crippen molar-refractivity contribution in [3.8, 4) is 11.3 Å². The maximum Gasteiger partial charge on any atom is 0.323 e. The number of amides is 1. The molecule has 106 valence electrons. The molecule has 6 nitrogen and oxygen atoms in total. The molecule has 0 unspecified atom stereocenters. The van der Waals surface area contributed by atoms with Gasteiger partial charge >= 0.3 is 5.97 Å². The molecule has 0 radical (unpaired) electrons. The number of benzene rings is 1. The van der Waals surface area contributed by atoms with Crippen molar-refractivity contribution in [1.29, 1.82) is 0 Å². The minimum absolute atomic E-state index is 0.131. The van der Waals surface area contributed by atoms with Gasteiger partial charge in [-0.1, -0.05) is 12.1 Å². The van der Waals surface area contributed by atoms with Crippen molar-refractivity contribution < 1.29 is 14.7 Å². The number of hydrogen-bond acceptors (Lipinski definition) is 4. The lowest BCUT2D eigenvalue weighted by molar-refractivity contribution is -0.137. The topological polar surface area (TPSA) is 83.4 Å². The second kappa shape index (κ2) is 5.14. The molecule has 2 heterocycles. The zero-order valence-corrected chi connectivity index (χ0v) is 11.5. The summed E-state index contributed by atoms with van der Waals surface area (Å²) in [4.78, 5) is 32.1. The van der Waals surface area contributed by atoms with Crippen LogP contribution >= 0.6 is 11.6 Å². The van der Waals surface area contributed by atoms with Crippen LogP contribution in [0.5, 0.6) is 0 Å². The van der Waals surface area contributed by atoms with E-state index >= 15 is 0 Å². The summed E-state index contributed by atoms with van der Waals surface area (Å²) in [7, 11) is 0. The molecular weight excluding hydrogens is 294 g/mol. The molecule has 1 aliphatic heterocycles. The van der Waals surface area contributed by atoms with E-state index in [2.05, 4.69) is 9.97 Å². The molecular formula is C14H10ClN3O3. The van der Waals surface area contributed by atoms with E-state index in [1.165, 1.54) is 11.1 Å². The van der Waals surface area contributed by atoms with Crippen LogP contribution in [-0.2, 0) is 11.3 Å². The highest BCUT2D eigenvalue weighted by molar-refractivity contribution is 6.28. The van der Waals surface area contributed by atoms with Crippen LogP contribution in [0.1, 0.15) is 15.9 Å². The molecule has 3 rings (SSSR count). The number of rotatable bonds is 3. The first kappa shape index (κ1) is 13.5. The third kappa shape index (κ3) is 2.57. The van der Waals surface area contributed by atoms with Gasteiger partial charge in [0, 0.05) is 23.9 Å². The fraction of sp³-hybridized carbons (Fsp3) is 0.143. The van der Waals surface area contributed by atoms with E-state index in [1.54, 1.807) is 18.2 Å². The summed E-state index contributed by atoms with van der Waals surface area (Å²) in [6.45, 7) is 0.00740. The van der Waals surface area contributed by atoms with E-state index < -0.39 is 5.97 Å². The lowest BCUT2D eigenvalue weighted by Crippen LogP contribution is -2.29. The van der Waals surface area contributed by atoms with Gasteiger partial charge in [-0.15, -0.1) is 0 Å². The van der Waals surface area contributed by atoms with Gasteiger partial charge in [0.15, 0.2) is 0 Å². The molecule has 2 aromatic rings. The Morgan fingerprint density at radius 3 is 2.90 bits per heavy atom. The number of nitrogens with zero attached hydrogens (tertiary/aromatic N) is 3. The normalized spacial score (nSPS) is 13.4. The smallest absolute Gasteiger partial charge is 0.323 e. The fourth-order valence-corrected chi connectivity index (χ4v) is 2.45. The van der Waals surface area contributed by atoms with Crippen molar-refractivity contribution in [3.63, 3.8) is 0 Å². The molecule has 0 fully saturated rings. The molecule has 0 saturated carbocycles. The number of aromatic nitrogens is 2. The minimum Gasteiger partial charge on any atom is -0.480 e. The van der Waals surface area contributed by atoms with Crippen LogP contribution in [0.15, 0.2) is 30.5 Å². The van der Waals surface area contributed by atoms with E-state index in [9.17, 15) is 9.59 Å². The van der Waals surface area contributed by atoms with E-state index in [0.29, 0.717) is 17.8 Å². The van der Waals surface area contributed by atoms with Gasteiger partial charge in [-0.3, -0.25) is 9.59 Å². The Labute approximate surface area is 125 Å². The molecule has 0 saturated heterocycles. The number of carbonyl (C=O) groups excluding carboxylic acids is 1. The summed E-state index contributed by atoms with van der Waals surface area (Å²) in [6.07, 6.45) is 1.54. The van der Waals surface area contributed by atoms with E-state index in [-0.39, 0.29) is 17.7 Å². The van der Waals surface area contributed by atoms with Gasteiger partial charge in [-0.25, -0.2) is 9.97 Å². The van der Waals surface area contributed by atoms with Gasteiger partial charge in [0.05, 0.1) is 5.69 Å². The van der Waals surface area contributed by atoms with E-state index in [1.807, 2.05) is 6.07 Å². The number of carboxylic acid groups (broad SMARTS) is 1. The number of fused-ring (bicyclic) bond motifs is 1. The fourth-order valence-electron chi connectivity index (χ4n) is 2.31. The van der Waals surface area contributed by atoms with Crippen molar-refractivity contribution in [2.75, 3.05) is 6.54 Å². The molecule has 1 N–H and O–H groups in total. The molecule has 0 spiro atoms. The molecule has 1 aromatic carbocycles. The zero-order chi connectivity index (χ0) is 15.0. The largest absolute Gasteiger partial charge is 0.480 e. The number of carbonyl (C=O) groups is 2. The summed E-state index contributed by atoms with van der Waals surface area (Å²) >= 11 is 5.76. The molecule has 21 heavy (non-hydrogen) atoms. The van der Waals surface area contributed by atoms with Crippen LogP contribution in [0, 0.1) is 0 Å². The second-order valence-electron chi connectivity index (χ2n) is 4.64. The van der Waals surface area contributed by atoms with Gasteiger partial charge in [0.25, 0.3) is 5.91 Å². The van der Waals surface area contributed by atoms with Gasteiger partial charge in [0.1, 0.15) is 6.54 Å². The highest BCUT2D eigenvalue weighted by Gasteiger charge is 2.29. The van der Waals surface area contributed by atoms with Crippen LogP contribution in [0.3, 0.4) is 0 Å². The SMILES string of the molecule is O=C(O)CN1Cc2ccc(-c3ccnc(Cl)n3)cc2C1=O. The summed E-state index contributed by atoms with van der Waals surface area (Å²) in [6, 6.07) is 7.04. The Bertz CT molecular complexity index is 748. The Morgan fingerprint density at radius 2 is 2.19 bits per heavy atom. The first-order chi connectivity index (χ1) is 10.0. The highest BCUT2D eigenvalue weighted by atomic mass is 35.5. The lowest BCUT2D eigenvalue weighted by atomic mass is 10.0. The molecule has 1 amide bonds. The molecule has 0 atom stereocenters. The van der Waals surface area contributed by atoms with Gasteiger partial charge < -0.3 is 10.0 Å². The number of hydrogen-bond donors (Lipinski definition) is 1. The predicted molar refractivity (Wildman–Crippen MR) is 74.9 cm³/mol. The summed E-state index contributed by atoms with van der Waals surface area (Å²) in [5.74, 6) is -1.31. The maximum atomic E-state index is 12.2. The zero-order valence-electron chi connectivity index (χ0n) is 10.8. The second-order valence-corrected chi connectivity index (χ2v) is 4.98. The minimum atomic E-state index is -1.03. The third-order valence-electron chi connectivity index (χ3n) is 3.24. The van der Waals surface area contributed by atoms with Crippen LogP contribution in [0.25, 0.3) is 11.3 Å². The summed E-state index contributed by atoms with van der Waals surface area (Å²) in [5.41, 5.74) is 2.67. The number of carboxylic acids is 1. The molecule has 0 bridgehead atoms. The van der Waals surface area contributed by atoms with Gasteiger partial charge in [-0.05, 0) is 29.3 Å². The van der Waals surface area contributed by atoms with Crippen molar-refractivity contribution in [1.82, 2.24) is 14.9 Å². The number of halogens is 1. The highest BCUT2D eigenvalue weighted by Crippen LogP contribution is 2.27. The van der Waals surface area contributed by atoms with Crippen molar-refractivity contribution in [2.45, 2.75) is 6.54 Å². The van der Waals surface area contributed by atoms with Crippen LogP contribution in [-0.4, -0.2) is 38.4 Å². The Morgan fingerprint density at radius 1 is 1.38 bits per heavy atom. The third-order valence-corrected chi connectivity index (χ3v) is 3.42. The molecule has 7 heteroatoms. The van der Waals surface area contributed by atoms with Crippen LogP contribution in [0.4, 0.5) is 0 Å². The average molecular weight is 304 g/mol. The standard InChI is InChI=1S/C14H10ClN3O3/c15-14-16-4-3-11(17-14)8-1-2-9-6-18(7-12(19)20)13(21)10(9)5-8/h1-5H,6-7H2,(H,19,20). The van der Waals surface area contributed by atoms with Crippen molar-refractivity contribution in [2.24, 2.45) is 0 Å². The monoisotopic (exact) mass is 303 g/mol. The van der Waals surface area contributed by atoms with E-state index in [4.69, 9.17) is 16.7 Å². The van der Waals surface area contributed by atoms with Crippen LogP contribution < -0.4 is 0 Å². The van der Waals surface area contributed by atoms with Crippen LogP contribution in [0.2, 0.25) is 5.28 Å². The number of aliphatic carboxylic acids is 1. The van der Waals surface area contributed by atoms with Gasteiger partial charge in [-0.2, -0.15) is 0 Å². The van der Waals surface area contributed by atoms with Crippen molar-refractivity contribution in [3.05, 3.63) is 46.9 Å².